The number of nitrogens with zero attached hydrogens (tertiary/aromatic N) is 2. The predicted molar refractivity (Wildman–Crippen MR) is 68.2 cm³/mol. The Labute approximate surface area is 118 Å². The summed E-state index contributed by atoms with van der Waals surface area (Å²) in [5, 5.41) is 3.68. The van der Waals surface area contributed by atoms with E-state index in [1.807, 2.05) is 0 Å². The van der Waals surface area contributed by atoms with Crippen LogP contribution in [0.5, 0.6) is 11.5 Å². The first kappa shape index (κ1) is 13.7. The number of hydrogen-bond acceptors (Lipinski definition) is 6. The van der Waals surface area contributed by atoms with E-state index in [1.165, 1.54) is 12.1 Å². The third kappa shape index (κ3) is 2.54. The Balaban J connectivity index is 2.16. The van der Waals surface area contributed by atoms with Gasteiger partial charge in [0.2, 0.25) is 11.7 Å². The number of hydrogen-bond donors (Lipinski definition) is 1. The molecule has 0 radical (unpaired) electrons. The molecule has 112 valence electrons. The minimum atomic E-state index is -3.09. The second-order valence-electron chi connectivity index (χ2n) is 4.65. The first-order valence-electron chi connectivity index (χ1n) is 6.34. The molecule has 0 atom stereocenters. The van der Waals surface area contributed by atoms with Crippen molar-refractivity contribution in [1.29, 1.82) is 0 Å². The molecule has 1 aromatic heterocycles. The molecule has 0 spiro atoms. The van der Waals surface area contributed by atoms with Crippen LogP contribution >= 0.6 is 0 Å². The van der Waals surface area contributed by atoms with Crippen molar-refractivity contribution in [3.05, 3.63) is 23.6 Å². The van der Waals surface area contributed by atoms with Gasteiger partial charge in [-0.2, -0.15) is 4.98 Å². The Hall–Kier alpha value is -2.22. The second kappa shape index (κ2) is 4.96. The van der Waals surface area contributed by atoms with E-state index in [2.05, 4.69) is 10.1 Å². The van der Waals surface area contributed by atoms with Crippen LogP contribution in [0.1, 0.15) is 18.4 Å². The Kier molecular flexibility index (Phi) is 3.25. The molecular weight excluding hydrogens is 284 g/mol. The maximum Gasteiger partial charge on any atom is 0.271 e. The largest absolute Gasteiger partial charge is 0.486 e. The minimum Gasteiger partial charge on any atom is -0.486 e. The molecule has 6 nitrogen and oxygen atoms in total. The number of benzene rings is 1. The lowest BCUT2D eigenvalue weighted by Gasteiger charge is -2.22. The Morgan fingerprint density at radius 3 is 2.48 bits per heavy atom. The molecule has 0 saturated carbocycles. The van der Waals surface area contributed by atoms with Gasteiger partial charge in [-0.3, -0.25) is 0 Å². The fourth-order valence-corrected chi connectivity index (χ4v) is 2.08. The van der Waals surface area contributed by atoms with E-state index in [0.29, 0.717) is 19.0 Å². The quantitative estimate of drug-likeness (QED) is 0.933. The molecule has 21 heavy (non-hydrogen) atoms. The van der Waals surface area contributed by atoms with Crippen molar-refractivity contribution in [3.63, 3.8) is 0 Å². The lowest BCUT2D eigenvalue weighted by molar-refractivity contribution is 0.0175. The van der Waals surface area contributed by atoms with Crippen molar-refractivity contribution >= 4 is 0 Å². The third-order valence-corrected chi connectivity index (χ3v) is 3.04. The number of alkyl halides is 2. The highest BCUT2D eigenvalue weighted by Gasteiger charge is 2.32. The van der Waals surface area contributed by atoms with Crippen LogP contribution in [0.4, 0.5) is 8.78 Å². The highest BCUT2D eigenvalue weighted by molar-refractivity contribution is 5.67. The number of rotatable bonds is 3. The smallest absolute Gasteiger partial charge is 0.271 e. The van der Waals surface area contributed by atoms with Crippen molar-refractivity contribution in [2.45, 2.75) is 19.4 Å². The molecule has 0 unspecified atom stereocenters. The van der Waals surface area contributed by atoms with Gasteiger partial charge in [0.1, 0.15) is 13.2 Å². The maximum absolute atomic E-state index is 13.9. The first-order chi connectivity index (χ1) is 9.99. The van der Waals surface area contributed by atoms with Crippen molar-refractivity contribution in [2.75, 3.05) is 13.2 Å². The average molecular weight is 297 g/mol. The topological polar surface area (TPSA) is 83.4 Å². The van der Waals surface area contributed by atoms with Crippen molar-refractivity contribution in [3.8, 4) is 22.9 Å². The van der Waals surface area contributed by atoms with E-state index in [4.69, 9.17) is 19.7 Å². The van der Waals surface area contributed by atoms with Gasteiger partial charge in [0.15, 0.2) is 11.5 Å². The summed E-state index contributed by atoms with van der Waals surface area (Å²) in [5.74, 6) is -2.21. The Bertz CT molecular complexity index is 667. The van der Waals surface area contributed by atoms with Crippen LogP contribution in [0.2, 0.25) is 0 Å². The summed E-state index contributed by atoms with van der Waals surface area (Å²) >= 11 is 0. The molecule has 0 fully saturated rings. The fraction of sp³-hybridized carbons (Fsp3) is 0.385. The van der Waals surface area contributed by atoms with Crippen molar-refractivity contribution < 1.29 is 22.8 Å². The average Bonchev–Trinajstić information content (AvgIpc) is 2.94. The van der Waals surface area contributed by atoms with Gasteiger partial charge in [0.25, 0.3) is 5.92 Å². The molecule has 3 rings (SSSR count). The van der Waals surface area contributed by atoms with E-state index in [9.17, 15) is 8.78 Å². The molecule has 1 aromatic carbocycles. The number of aromatic nitrogens is 2. The molecule has 0 aliphatic carbocycles. The van der Waals surface area contributed by atoms with Gasteiger partial charge < -0.3 is 19.7 Å². The van der Waals surface area contributed by atoms with Crippen molar-refractivity contribution in [1.82, 2.24) is 10.1 Å². The summed E-state index contributed by atoms with van der Waals surface area (Å²) in [6, 6.07) is 2.69. The number of halogens is 2. The summed E-state index contributed by atoms with van der Waals surface area (Å²) in [6.45, 7) is 1.51. The normalized spacial score (nSPS) is 14.3. The number of ether oxygens (including phenoxy) is 2. The van der Waals surface area contributed by atoms with Gasteiger partial charge in [-0.15, -0.1) is 0 Å². The third-order valence-electron chi connectivity index (χ3n) is 3.04. The van der Waals surface area contributed by atoms with Gasteiger partial charge in [-0.1, -0.05) is 5.16 Å². The van der Waals surface area contributed by atoms with Crippen LogP contribution in [0.15, 0.2) is 16.7 Å². The lowest BCUT2D eigenvalue weighted by atomic mass is 10.0. The van der Waals surface area contributed by atoms with E-state index in [0.717, 1.165) is 6.92 Å². The highest BCUT2D eigenvalue weighted by atomic mass is 19.3. The van der Waals surface area contributed by atoms with Crippen LogP contribution in [-0.2, 0) is 12.5 Å². The molecular formula is C13H13F2N3O3. The van der Waals surface area contributed by atoms with Gasteiger partial charge in [-0.05, 0) is 12.1 Å². The lowest BCUT2D eigenvalue weighted by Crippen LogP contribution is -2.17. The molecule has 8 heteroatoms. The summed E-state index contributed by atoms with van der Waals surface area (Å²) < 4.78 is 43.3. The SMILES string of the molecule is CC(F)(F)c1cc2c(cc1-c1noc(CN)n1)OCCO2. The van der Waals surface area contributed by atoms with Crippen molar-refractivity contribution in [2.24, 2.45) is 5.73 Å². The summed E-state index contributed by atoms with van der Waals surface area (Å²) in [5.41, 5.74) is 5.27. The number of nitrogens with two attached hydrogens (primary N) is 1. The maximum atomic E-state index is 13.9. The molecule has 0 saturated heterocycles. The zero-order valence-corrected chi connectivity index (χ0v) is 11.2. The molecule has 2 N–H and O–H groups in total. The highest BCUT2D eigenvalue weighted by Crippen LogP contribution is 2.42. The van der Waals surface area contributed by atoms with Crippen LogP contribution in [0.25, 0.3) is 11.4 Å². The molecule has 2 heterocycles. The molecule has 0 bridgehead atoms. The zero-order chi connectivity index (χ0) is 15.0. The van der Waals surface area contributed by atoms with Crippen LogP contribution < -0.4 is 15.2 Å². The molecule has 0 amide bonds. The second-order valence-corrected chi connectivity index (χ2v) is 4.65. The first-order valence-corrected chi connectivity index (χ1v) is 6.34. The Morgan fingerprint density at radius 1 is 1.24 bits per heavy atom. The van der Waals surface area contributed by atoms with Gasteiger partial charge in [0.05, 0.1) is 6.54 Å². The summed E-state index contributed by atoms with van der Waals surface area (Å²) in [4.78, 5) is 3.99. The summed E-state index contributed by atoms with van der Waals surface area (Å²) in [6.07, 6.45) is 0. The van der Waals surface area contributed by atoms with E-state index < -0.39 is 5.92 Å². The zero-order valence-electron chi connectivity index (χ0n) is 11.2. The Morgan fingerprint density at radius 2 is 1.90 bits per heavy atom. The summed E-state index contributed by atoms with van der Waals surface area (Å²) in [7, 11) is 0. The van der Waals surface area contributed by atoms with Gasteiger partial charge >= 0.3 is 0 Å². The monoisotopic (exact) mass is 297 g/mol. The predicted octanol–water partition coefficient (Wildman–Crippen LogP) is 2.08. The van der Waals surface area contributed by atoms with E-state index >= 15 is 0 Å². The van der Waals surface area contributed by atoms with E-state index in [1.54, 1.807) is 0 Å². The molecule has 1 aliphatic heterocycles. The van der Waals surface area contributed by atoms with Crippen LogP contribution in [-0.4, -0.2) is 23.4 Å². The van der Waals surface area contributed by atoms with Crippen LogP contribution in [0, 0.1) is 0 Å². The molecule has 1 aliphatic rings. The standard InChI is InChI=1S/C13H13F2N3O3/c1-13(14,15)8-5-10-9(19-2-3-20-10)4-7(8)12-17-11(6-16)21-18-12/h4-5H,2-3,6,16H2,1H3. The fourth-order valence-electron chi connectivity index (χ4n) is 2.08. The van der Waals surface area contributed by atoms with Crippen LogP contribution in [0.3, 0.4) is 0 Å². The van der Waals surface area contributed by atoms with Gasteiger partial charge in [-0.25, -0.2) is 8.78 Å². The van der Waals surface area contributed by atoms with Gasteiger partial charge in [0, 0.05) is 18.1 Å². The minimum absolute atomic E-state index is 0.0371. The molecule has 2 aromatic rings. The number of fused-ring (bicyclic) bond motifs is 1. The van der Waals surface area contributed by atoms with E-state index in [-0.39, 0.29) is 35.1 Å².